The maximum absolute atomic E-state index is 14.8. The van der Waals surface area contributed by atoms with E-state index in [2.05, 4.69) is 5.32 Å². The van der Waals surface area contributed by atoms with Crippen molar-refractivity contribution >= 4 is 29.2 Å². The number of amides is 2. The molecule has 2 aliphatic rings. The summed E-state index contributed by atoms with van der Waals surface area (Å²) in [7, 11) is 1.50. The number of carbonyl (C=O) groups excluding carboxylic acids is 5. The second-order valence-corrected chi connectivity index (χ2v) is 17.7. The largest absolute Gasteiger partial charge is 0.492 e. The Bertz CT molecular complexity index is 2480. The molecule has 1 aliphatic heterocycles. The van der Waals surface area contributed by atoms with Crippen molar-refractivity contribution in [3.05, 3.63) is 88.7 Å². The first-order chi connectivity index (χ1) is 32.8. The Hall–Kier alpha value is -6.54. The third-order valence-corrected chi connectivity index (χ3v) is 12.6. The first-order valence-corrected chi connectivity index (χ1v) is 23.5. The molecule has 4 bridgehead atoms. The van der Waals surface area contributed by atoms with Gasteiger partial charge in [0.05, 0.1) is 35.2 Å². The number of nitriles is 1. The average molecular weight is 929 g/mol. The molecule has 68 heavy (non-hydrogen) atoms. The van der Waals surface area contributed by atoms with Gasteiger partial charge in [0.15, 0.2) is 23.2 Å². The summed E-state index contributed by atoms with van der Waals surface area (Å²) in [5.74, 6) is -1.96. The Kier molecular flexibility index (Phi) is 17.9. The fourth-order valence-corrected chi connectivity index (χ4v) is 9.10. The number of rotatable bonds is 19. The third-order valence-electron chi connectivity index (χ3n) is 12.6. The number of ketones is 3. The lowest BCUT2D eigenvalue weighted by molar-refractivity contribution is -0.142. The number of aryl methyl sites for hydroxylation is 2. The topological polar surface area (TPSA) is 256 Å². The molecule has 0 radical (unpaired) electrons. The zero-order chi connectivity index (χ0) is 48.9. The molecular weight excluding hydrogens is 865 g/mol. The highest BCUT2D eigenvalue weighted by molar-refractivity contribution is 6.01. The highest BCUT2D eigenvalue weighted by Gasteiger charge is 2.36. The molecule has 6 rings (SSSR count). The predicted octanol–water partition coefficient (Wildman–Crippen LogP) is 5.67. The zero-order valence-corrected chi connectivity index (χ0v) is 39.6. The van der Waals surface area contributed by atoms with Crippen LogP contribution >= 0.6 is 0 Å². The lowest BCUT2D eigenvalue weighted by Crippen LogP contribution is -2.46. The lowest BCUT2D eigenvalue weighted by Gasteiger charge is -2.32. The Morgan fingerprint density at radius 2 is 1.50 bits per heavy atom. The number of ether oxygens (including phenoxy) is 3. The van der Waals surface area contributed by atoms with Gasteiger partial charge >= 0.3 is 0 Å². The summed E-state index contributed by atoms with van der Waals surface area (Å²) >= 11 is 0. The molecule has 7 N–H and O–H groups in total. The SMILES string of the molecule is Cc1nc(-c2ccc(OC3CCCC3)cc2)nc(C)c1C(=O)C[C@@H](CCN)C(=O)N(C)[C@@H]1C(=O)C[C@@H](C)C(=O)N[C@H](C(=O)CCC#N)Cc2ccc(OCCN)c(c2)-c2cc1ccc2OCCN. The van der Waals surface area contributed by atoms with Crippen molar-refractivity contribution in [3.8, 4) is 45.8 Å². The molecule has 1 fully saturated rings. The lowest BCUT2D eigenvalue weighted by atomic mass is 9.88. The fourth-order valence-electron chi connectivity index (χ4n) is 9.10. The molecule has 0 spiro atoms. The summed E-state index contributed by atoms with van der Waals surface area (Å²) in [6.07, 6.45) is 4.24. The van der Waals surface area contributed by atoms with Crippen LogP contribution < -0.4 is 36.7 Å². The molecular formula is C52H64N8O8. The van der Waals surface area contributed by atoms with Crippen LogP contribution in [0.3, 0.4) is 0 Å². The average Bonchev–Trinajstić information content (AvgIpc) is 3.84. The summed E-state index contributed by atoms with van der Waals surface area (Å²) in [4.78, 5) is 82.0. The summed E-state index contributed by atoms with van der Waals surface area (Å²) in [6.45, 7) is 5.91. The van der Waals surface area contributed by atoms with Gasteiger partial charge in [0, 0.05) is 74.3 Å². The van der Waals surface area contributed by atoms with E-state index in [0.29, 0.717) is 56.5 Å². The molecule has 2 amide bonds. The minimum atomic E-state index is -1.25. The number of Topliss-reactive ketones (excluding diaryl/α,β-unsaturated/α-hetero) is 3. The first-order valence-electron chi connectivity index (χ1n) is 23.5. The second-order valence-electron chi connectivity index (χ2n) is 17.7. The Morgan fingerprint density at radius 3 is 2.12 bits per heavy atom. The molecule has 3 aromatic carbocycles. The number of nitrogens with zero attached hydrogens (tertiary/aromatic N) is 4. The van der Waals surface area contributed by atoms with Crippen LogP contribution in [0.5, 0.6) is 17.2 Å². The van der Waals surface area contributed by atoms with Crippen LogP contribution in [0.15, 0.2) is 60.7 Å². The van der Waals surface area contributed by atoms with Gasteiger partial charge in [-0.3, -0.25) is 24.0 Å². The van der Waals surface area contributed by atoms with Gasteiger partial charge in [-0.05, 0) is 119 Å². The zero-order valence-electron chi connectivity index (χ0n) is 39.6. The van der Waals surface area contributed by atoms with Crippen LogP contribution in [0.1, 0.15) is 104 Å². The number of likely N-dealkylation sites (N-methyl/N-ethyl adjacent to an activating group) is 1. The van der Waals surface area contributed by atoms with Crippen LogP contribution in [0.25, 0.3) is 22.5 Å². The maximum Gasteiger partial charge on any atom is 0.226 e. The van der Waals surface area contributed by atoms with E-state index in [1.165, 1.54) is 24.8 Å². The van der Waals surface area contributed by atoms with Crippen molar-refractivity contribution in [1.29, 1.82) is 5.26 Å². The number of carbonyl (C=O) groups is 5. The van der Waals surface area contributed by atoms with Gasteiger partial charge < -0.3 is 41.6 Å². The normalized spacial score (nSPS) is 17.9. The van der Waals surface area contributed by atoms with Crippen molar-refractivity contribution in [3.63, 3.8) is 0 Å². The standard InChI is InChI=1S/C52H64N8O8/c1-31-26-45(63)49(36-14-18-47(67-25-23-56)41(29-36)40-27-34(11-17-46(40)66-24-22-55)28-42(59-51(31)64)43(61)10-7-20-53)60(4)52(65)37(19-21-54)30-44(62)48-32(2)57-50(58-33(48)3)35-12-15-39(16-13-35)68-38-8-5-6-9-38/h11-18,27,29,31,37-38,42,49H,5-10,19,21-26,28,30,54-56H2,1-4H3,(H,59,64)/t31-,37-,42+,49+/m1/s1. The molecule has 0 unspecified atom stereocenters. The van der Waals surface area contributed by atoms with E-state index in [0.717, 1.165) is 24.2 Å². The second kappa shape index (κ2) is 24.0. The summed E-state index contributed by atoms with van der Waals surface area (Å²) in [5, 5.41) is 12.1. The van der Waals surface area contributed by atoms with Crippen molar-refractivity contribution in [2.75, 3.05) is 39.9 Å². The number of aromatic nitrogens is 2. The molecule has 1 saturated carbocycles. The van der Waals surface area contributed by atoms with Crippen LogP contribution in [-0.2, 0) is 25.6 Å². The van der Waals surface area contributed by atoms with E-state index >= 15 is 0 Å². The number of fused-ring (bicyclic) bond motifs is 5. The molecule has 16 nitrogen and oxygen atoms in total. The quantitative estimate of drug-likeness (QED) is 0.0827. The van der Waals surface area contributed by atoms with E-state index in [9.17, 15) is 29.2 Å². The van der Waals surface area contributed by atoms with Gasteiger partial charge in [-0.25, -0.2) is 9.97 Å². The number of nitrogens with two attached hydrogens (primary N) is 3. The van der Waals surface area contributed by atoms with Crippen LogP contribution in [0.2, 0.25) is 0 Å². The summed E-state index contributed by atoms with van der Waals surface area (Å²) in [6, 6.07) is 17.8. The number of hydrogen-bond donors (Lipinski definition) is 4. The van der Waals surface area contributed by atoms with Crippen molar-refractivity contribution in [2.24, 2.45) is 29.0 Å². The Balaban J connectivity index is 1.35. The van der Waals surface area contributed by atoms with Gasteiger partial charge in [0.1, 0.15) is 36.5 Å². The maximum atomic E-state index is 14.8. The highest BCUT2D eigenvalue weighted by Crippen LogP contribution is 2.41. The minimum Gasteiger partial charge on any atom is -0.492 e. The molecule has 360 valence electrons. The molecule has 2 heterocycles. The van der Waals surface area contributed by atoms with E-state index in [4.69, 9.17) is 41.4 Å². The van der Waals surface area contributed by atoms with Crippen molar-refractivity contribution in [2.45, 2.75) is 103 Å². The van der Waals surface area contributed by atoms with Crippen LogP contribution in [0.4, 0.5) is 0 Å². The molecule has 16 heteroatoms. The van der Waals surface area contributed by atoms with E-state index in [1.807, 2.05) is 36.4 Å². The van der Waals surface area contributed by atoms with Gasteiger partial charge in [-0.1, -0.05) is 19.1 Å². The van der Waals surface area contributed by atoms with Crippen molar-refractivity contribution < 1.29 is 38.2 Å². The third kappa shape index (κ3) is 12.5. The molecule has 4 aromatic rings. The molecule has 0 saturated heterocycles. The van der Waals surface area contributed by atoms with Crippen LogP contribution in [-0.4, -0.2) is 96.1 Å². The van der Waals surface area contributed by atoms with Gasteiger partial charge in [-0.2, -0.15) is 5.26 Å². The number of hydrogen-bond acceptors (Lipinski definition) is 14. The van der Waals surface area contributed by atoms with Gasteiger partial charge in [0.25, 0.3) is 0 Å². The molecule has 1 aromatic heterocycles. The number of nitrogens with one attached hydrogen (secondary N) is 1. The van der Waals surface area contributed by atoms with E-state index in [-0.39, 0.29) is 89.0 Å². The van der Waals surface area contributed by atoms with Crippen molar-refractivity contribution in [1.82, 2.24) is 20.2 Å². The smallest absolute Gasteiger partial charge is 0.226 e. The Morgan fingerprint density at radius 1 is 0.868 bits per heavy atom. The highest BCUT2D eigenvalue weighted by atomic mass is 16.5. The number of benzene rings is 3. The molecule has 4 atom stereocenters. The Labute approximate surface area is 398 Å². The van der Waals surface area contributed by atoms with E-state index < -0.39 is 41.5 Å². The van der Waals surface area contributed by atoms with Crippen LogP contribution in [0, 0.1) is 37.0 Å². The summed E-state index contributed by atoms with van der Waals surface area (Å²) in [5.41, 5.74) is 22.0. The fraction of sp³-hybridized carbons (Fsp3) is 0.462. The van der Waals surface area contributed by atoms with E-state index in [1.54, 1.807) is 51.1 Å². The van der Waals surface area contributed by atoms with Gasteiger partial charge in [-0.15, -0.1) is 0 Å². The van der Waals surface area contributed by atoms with Gasteiger partial charge in [0.2, 0.25) is 11.8 Å². The molecule has 1 aliphatic carbocycles. The predicted molar refractivity (Wildman–Crippen MR) is 257 cm³/mol. The minimum absolute atomic E-state index is 0.0330. The first kappa shape index (κ1) is 50.9. The monoisotopic (exact) mass is 928 g/mol. The summed E-state index contributed by atoms with van der Waals surface area (Å²) < 4.78 is 18.4.